The van der Waals surface area contributed by atoms with E-state index in [1.54, 1.807) is 16.7 Å². The number of likely N-dealkylation sites (tertiary alicyclic amines) is 1. The van der Waals surface area contributed by atoms with Crippen LogP contribution in [0.15, 0.2) is 22.7 Å². The quantitative estimate of drug-likeness (QED) is 0.804. The highest BCUT2D eigenvalue weighted by atomic mass is 79.9. The molecule has 0 spiro atoms. The molecule has 0 unspecified atom stereocenters. The maximum Gasteiger partial charge on any atom is 0.253 e. The molecule has 1 aromatic rings. The lowest BCUT2D eigenvalue weighted by Gasteiger charge is -2.40. The molecular weight excluding hydrogens is 375 g/mol. The van der Waals surface area contributed by atoms with Crippen LogP contribution in [0, 0.1) is 5.82 Å². The highest BCUT2D eigenvalue weighted by molar-refractivity contribution is 9.10. The fourth-order valence-electron chi connectivity index (χ4n) is 2.43. The van der Waals surface area contributed by atoms with Gasteiger partial charge in [0.15, 0.2) is 0 Å². The summed E-state index contributed by atoms with van der Waals surface area (Å²) in [6, 6.07) is 4.32. The zero-order chi connectivity index (χ0) is 15.6. The van der Waals surface area contributed by atoms with Crippen LogP contribution in [0.4, 0.5) is 4.39 Å². The number of halogens is 2. The Morgan fingerprint density at radius 2 is 2.10 bits per heavy atom. The number of carbonyl (C=O) groups is 1. The molecule has 7 heteroatoms. The molecule has 2 rings (SSSR count). The van der Waals surface area contributed by atoms with Crippen LogP contribution in [0.25, 0.3) is 0 Å². The molecule has 0 aromatic heterocycles. The average molecular weight is 391 g/mol. The molecule has 0 atom stereocenters. The normalized spacial score (nSPS) is 17.6. The van der Waals surface area contributed by atoms with E-state index < -0.39 is 0 Å². The molecule has 1 heterocycles. The van der Waals surface area contributed by atoms with Gasteiger partial charge in [-0.2, -0.15) is 11.8 Å². The number of thioether (sulfide) groups is 1. The van der Waals surface area contributed by atoms with E-state index in [9.17, 15) is 9.18 Å². The summed E-state index contributed by atoms with van der Waals surface area (Å²) in [4.78, 5) is 14.7. The number of benzene rings is 1. The molecule has 114 valence electrons. The van der Waals surface area contributed by atoms with Gasteiger partial charge in [-0.3, -0.25) is 4.79 Å². The van der Waals surface area contributed by atoms with Gasteiger partial charge in [-0.05, 0) is 53.2 Å². The number of rotatable bonds is 3. The van der Waals surface area contributed by atoms with Crippen LogP contribution in [0.3, 0.4) is 0 Å². The summed E-state index contributed by atoms with van der Waals surface area (Å²) >= 11 is 9.92. The number of hydrogen-bond acceptors (Lipinski definition) is 3. The van der Waals surface area contributed by atoms with Gasteiger partial charge in [0.25, 0.3) is 5.91 Å². The van der Waals surface area contributed by atoms with E-state index in [0.29, 0.717) is 28.1 Å². The molecular formula is C14H16BrFN2OS2. The van der Waals surface area contributed by atoms with Gasteiger partial charge >= 0.3 is 0 Å². The van der Waals surface area contributed by atoms with Gasteiger partial charge in [-0.15, -0.1) is 0 Å². The Morgan fingerprint density at radius 3 is 2.57 bits per heavy atom. The van der Waals surface area contributed by atoms with E-state index in [1.165, 1.54) is 18.2 Å². The van der Waals surface area contributed by atoms with E-state index in [4.69, 9.17) is 18.0 Å². The standard InChI is InChI=1S/C14H16BrFN2OS2/c1-21-14(13(17)20)4-6-18(7-5-14)12(19)9-2-3-11(16)10(15)8-9/h2-3,8H,4-7H2,1H3,(H2,17,20). The zero-order valence-corrected chi connectivity index (χ0v) is 14.8. The fourth-order valence-corrected chi connectivity index (χ4v) is 4.06. The summed E-state index contributed by atoms with van der Waals surface area (Å²) in [6.07, 6.45) is 3.49. The molecule has 3 nitrogen and oxygen atoms in total. The molecule has 0 bridgehead atoms. The van der Waals surface area contributed by atoms with E-state index in [2.05, 4.69) is 15.9 Å². The number of nitrogens with two attached hydrogens (primary N) is 1. The van der Waals surface area contributed by atoms with E-state index in [-0.39, 0.29) is 16.5 Å². The third kappa shape index (κ3) is 3.40. The maximum absolute atomic E-state index is 13.2. The fraction of sp³-hybridized carbons (Fsp3) is 0.429. The summed E-state index contributed by atoms with van der Waals surface area (Å²) in [6.45, 7) is 1.21. The van der Waals surface area contributed by atoms with Crippen LogP contribution in [0.5, 0.6) is 0 Å². The van der Waals surface area contributed by atoms with Gasteiger partial charge in [0.05, 0.1) is 14.2 Å². The van der Waals surface area contributed by atoms with Crippen molar-refractivity contribution >= 4 is 50.8 Å². The first-order chi connectivity index (χ1) is 9.89. The summed E-state index contributed by atoms with van der Waals surface area (Å²) in [5.41, 5.74) is 6.32. The van der Waals surface area contributed by atoms with Crippen molar-refractivity contribution in [2.45, 2.75) is 17.6 Å². The Labute approximate surface area is 141 Å². The SMILES string of the molecule is CSC1(C(N)=S)CCN(C(=O)c2ccc(F)c(Br)c2)CC1. The number of carbonyl (C=O) groups excluding carboxylic acids is 1. The Morgan fingerprint density at radius 1 is 1.48 bits per heavy atom. The number of thiocarbonyl (C=S) groups is 1. The van der Waals surface area contributed by atoms with E-state index >= 15 is 0 Å². The second-order valence-corrected chi connectivity index (χ2v) is 7.47. The Bertz CT molecular complexity index is 574. The van der Waals surface area contributed by atoms with Crippen molar-refractivity contribution in [3.8, 4) is 0 Å². The van der Waals surface area contributed by atoms with Crippen LogP contribution in [0.2, 0.25) is 0 Å². The molecule has 21 heavy (non-hydrogen) atoms. The lowest BCUT2D eigenvalue weighted by atomic mass is 9.95. The average Bonchev–Trinajstić information content (AvgIpc) is 2.49. The number of nitrogens with zero attached hydrogens (tertiary/aromatic N) is 1. The second kappa shape index (κ2) is 6.62. The molecule has 0 saturated carbocycles. The number of hydrogen-bond donors (Lipinski definition) is 1. The van der Waals surface area contributed by atoms with Crippen LogP contribution in [-0.4, -0.2) is 39.9 Å². The Kier molecular flexibility index (Phi) is 5.27. The molecule has 2 N–H and O–H groups in total. The van der Waals surface area contributed by atoms with Crippen molar-refractivity contribution in [2.75, 3.05) is 19.3 Å². The smallest absolute Gasteiger partial charge is 0.253 e. The van der Waals surface area contributed by atoms with Gasteiger partial charge in [-0.25, -0.2) is 4.39 Å². The van der Waals surface area contributed by atoms with Crippen molar-refractivity contribution in [2.24, 2.45) is 5.73 Å². The topological polar surface area (TPSA) is 46.3 Å². The van der Waals surface area contributed by atoms with Crippen LogP contribution in [0.1, 0.15) is 23.2 Å². The minimum atomic E-state index is -0.375. The van der Waals surface area contributed by atoms with Gasteiger partial charge in [-0.1, -0.05) is 12.2 Å². The lowest BCUT2D eigenvalue weighted by Crippen LogP contribution is -2.50. The van der Waals surface area contributed by atoms with Gasteiger partial charge in [0.1, 0.15) is 5.82 Å². The Hall–Kier alpha value is -0.660. The van der Waals surface area contributed by atoms with Crippen LogP contribution in [-0.2, 0) is 0 Å². The minimum Gasteiger partial charge on any atom is -0.392 e. The summed E-state index contributed by atoms with van der Waals surface area (Å²) in [5, 5.41) is 0. The summed E-state index contributed by atoms with van der Waals surface area (Å²) in [7, 11) is 0. The monoisotopic (exact) mass is 390 g/mol. The number of amides is 1. The predicted octanol–water partition coefficient (Wildman–Crippen LogP) is 3.21. The molecule has 1 aliphatic heterocycles. The zero-order valence-electron chi connectivity index (χ0n) is 11.6. The van der Waals surface area contributed by atoms with Gasteiger partial charge in [0.2, 0.25) is 0 Å². The maximum atomic E-state index is 13.2. The third-order valence-corrected chi connectivity index (χ3v) is 6.40. The molecule has 1 aliphatic rings. The third-order valence-electron chi connectivity index (χ3n) is 3.86. The van der Waals surface area contributed by atoms with Gasteiger partial charge in [0, 0.05) is 18.7 Å². The molecule has 1 aromatic carbocycles. The first kappa shape index (κ1) is 16.7. The lowest BCUT2D eigenvalue weighted by molar-refractivity contribution is 0.0718. The second-order valence-electron chi connectivity index (χ2n) is 4.98. The molecule has 1 saturated heterocycles. The van der Waals surface area contributed by atoms with Crippen LogP contribution < -0.4 is 5.73 Å². The molecule has 1 amide bonds. The first-order valence-electron chi connectivity index (χ1n) is 6.49. The van der Waals surface area contributed by atoms with Crippen molar-refractivity contribution in [3.63, 3.8) is 0 Å². The van der Waals surface area contributed by atoms with Crippen molar-refractivity contribution in [3.05, 3.63) is 34.1 Å². The highest BCUT2D eigenvalue weighted by Crippen LogP contribution is 2.35. The van der Waals surface area contributed by atoms with E-state index in [0.717, 1.165) is 12.8 Å². The Balaban J connectivity index is 2.09. The van der Waals surface area contributed by atoms with Crippen molar-refractivity contribution in [1.82, 2.24) is 4.90 Å². The number of piperidine rings is 1. The minimum absolute atomic E-state index is 0.0895. The molecule has 0 aliphatic carbocycles. The highest BCUT2D eigenvalue weighted by Gasteiger charge is 2.38. The molecule has 1 fully saturated rings. The van der Waals surface area contributed by atoms with Gasteiger partial charge < -0.3 is 10.6 Å². The summed E-state index contributed by atoms with van der Waals surface area (Å²) < 4.78 is 13.3. The van der Waals surface area contributed by atoms with Crippen molar-refractivity contribution in [1.29, 1.82) is 0 Å². The van der Waals surface area contributed by atoms with Crippen molar-refractivity contribution < 1.29 is 9.18 Å². The predicted molar refractivity (Wildman–Crippen MR) is 92.3 cm³/mol. The first-order valence-corrected chi connectivity index (χ1v) is 8.91. The van der Waals surface area contributed by atoms with Crippen LogP contribution >= 0.6 is 39.9 Å². The van der Waals surface area contributed by atoms with E-state index in [1.807, 2.05) is 6.26 Å². The largest absolute Gasteiger partial charge is 0.392 e. The molecule has 0 radical (unpaired) electrons. The summed E-state index contributed by atoms with van der Waals surface area (Å²) in [5.74, 6) is -0.464.